The van der Waals surface area contributed by atoms with E-state index in [1.807, 2.05) is 19.9 Å². The Balaban J connectivity index is 2.31. The predicted molar refractivity (Wildman–Crippen MR) is 74.6 cm³/mol. The lowest BCUT2D eigenvalue weighted by atomic mass is 10.2. The van der Waals surface area contributed by atoms with Crippen LogP contribution >= 0.6 is 0 Å². The summed E-state index contributed by atoms with van der Waals surface area (Å²) in [4.78, 5) is 0.105. The molecule has 0 fully saturated rings. The van der Waals surface area contributed by atoms with Gasteiger partial charge in [-0.05, 0) is 38.1 Å². The van der Waals surface area contributed by atoms with Crippen LogP contribution in [0.15, 0.2) is 41.4 Å². The minimum absolute atomic E-state index is 0.0451. The van der Waals surface area contributed by atoms with Crippen molar-refractivity contribution < 1.29 is 8.42 Å². The lowest BCUT2D eigenvalue weighted by Crippen LogP contribution is -2.17. The number of rotatable bonds is 4. The van der Waals surface area contributed by atoms with Crippen molar-refractivity contribution in [1.82, 2.24) is 9.78 Å². The van der Waals surface area contributed by atoms with Crippen molar-refractivity contribution in [1.29, 1.82) is 5.26 Å². The Kier molecular flexibility index (Phi) is 3.77. The molecule has 0 aliphatic rings. The second kappa shape index (κ2) is 5.35. The lowest BCUT2D eigenvalue weighted by Gasteiger charge is -2.13. The van der Waals surface area contributed by atoms with Gasteiger partial charge in [-0.1, -0.05) is 0 Å². The Morgan fingerprint density at radius 3 is 2.45 bits per heavy atom. The van der Waals surface area contributed by atoms with Gasteiger partial charge in [0, 0.05) is 12.1 Å². The first-order chi connectivity index (χ1) is 9.44. The highest BCUT2D eigenvalue weighted by Gasteiger charge is 2.17. The highest BCUT2D eigenvalue weighted by Crippen LogP contribution is 2.18. The molecule has 104 valence electrons. The van der Waals surface area contributed by atoms with Crippen LogP contribution in [0.3, 0.4) is 0 Å². The van der Waals surface area contributed by atoms with Crippen molar-refractivity contribution in [3.05, 3.63) is 42.1 Å². The Labute approximate surface area is 117 Å². The van der Waals surface area contributed by atoms with E-state index in [-0.39, 0.29) is 10.9 Å². The van der Waals surface area contributed by atoms with E-state index < -0.39 is 10.0 Å². The molecule has 0 unspecified atom stereocenters. The monoisotopic (exact) mass is 290 g/mol. The summed E-state index contributed by atoms with van der Waals surface area (Å²) in [5, 5.41) is 12.8. The summed E-state index contributed by atoms with van der Waals surface area (Å²) in [5.41, 5.74) is 0.413. The topological polar surface area (TPSA) is 87.8 Å². The van der Waals surface area contributed by atoms with Crippen LogP contribution in [0.1, 0.15) is 25.5 Å². The highest BCUT2D eigenvalue weighted by molar-refractivity contribution is 7.92. The summed E-state index contributed by atoms with van der Waals surface area (Å²) in [6.07, 6.45) is 1.54. The Bertz CT molecular complexity index is 739. The highest BCUT2D eigenvalue weighted by atomic mass is 32.2. The molecule has 0 aliphatic carbocycles. The molecular weight excluding hydrogens is 276 g/mol. The summed E-state index contributed by atoms with van der Waals surface area (Å²) in [7, 11) is -3.68. The third kappa shape index (κ3) is 2.81. The number of hydrogen-bond donors (Lipinski definition) is 1. The minimum atomic E-state index is -3.68. The summed E-state index contributed by atoms with van der Waals surface area (Å²) in [6, 6.07) is 9.32. The van der Waals surface area contributed by atoms with Crippen LogP contribution in [0.4, 0.5) is 5.82 Å². The van der Waals surface area contributed by atoms with Gasteiger partial charge in [-0.3, -0.25) is 4.72 Å². The quantitative estimate of drug-likeness (QED) is 0.934. The van der Waals surface area contributed by atoms with Crippen molar-refractivity contribution in [2.24, 2.45) is 0 Å². The molecule has 1 aromatic heterocycles. The number of nitrogens with zero attached hydrogens (tertiary/aromatic N) is 3. The fourth-order valence-electron chi connectivity index (χ4n) is 1.71. The van der Waals surface area contributed by atoms with Gasteiger partial charge in [0.1, 0.15) is 5.82 Å². The predicted octanol–water partition coefficient (Wildman–Crippen LogP) is 2.14. The van der Waals surface area contributed by atoms with Crippen LogP contribution in [0, 0.1) is 11.3 Å². The van der Waals surface area contributed by atoms with Gasteiger partial charge in [0.15, 0.2) is 0 Å². The van der Waals surface area contributed by atoms with Gasteiger partial charge < -0.3 is 0 Å². The van der Waals surface area contributed by atoms with Crippen LogP contribution < -0.4 is 4.72 Å². The zero-order valence-electron chi connectivity index (χ0n) is 11.1. The smallest absolute Gasteiger partial charge is 0.263 e. The molecule has 1 heterocycles. The third-order valence-corrected chi connectivity index (χ3v) is 4.06. The average molecular weight is 290 g/mol. The molecule has 1 N–H and O–H groups in total. The molecule has 6 nitrogen and oxygen atoms in total. The number of sulfonamides is 1. The first kappa shape index (κ1) is 14.1. The summed E-state index contributed by atoms with van der Waals surface area (Å²) in [6.45, 7) is 3.82. The average Bonchev–Trinajstić information content (AvgIpc) is 2.86. The third-order valence-electron chi connectivity index (χ3n) is 2.69. The minimum Gasteiger partial charge on any atom is -0.264 e. The van der Waals surface area contributed by atoms with E-state index >= 15 is 0 Å². The maximum atomic E-state index is 12.2. The second-order valence-electron chi connectivity index (χ2n) is 4.50. The van der Waals surface area contributed by atoms with Crippen molar-refractivity contribution in [3.8, 4) is 6.07 Å². The number of benzene rings is 1. The van der Waals surface area contributed by atoms with E-state index in [0.717, 1.165) is 0 Å². The molecular formula is C13H14N4O2S. The summed E-state index contributed by atoms with van der Waals surface area (Å²) in [5.74, 6) is 0.407. The molecule has 0 spiro atoms. The lowest BCUT2D eigenvalue weighted by molar-refractivity contribution is 0.539. The van der Waals surface area contributed by atoms with Gasteiger partial charge in [0.05, 0.1) is 22.7 Å². The maximum absolute atomic E-state index is 12.2. The van der Waals surface area contributed by atoms with Crippen molar-refractivity contribution in [2.45, 2.75) is 24.8 Å². The van der Waals surface area contributed by atoms with Gasteiger partial charge in [-0.25, -0.2) is 13.1 Å². The molecule has 7 heteroatoms. The largest absolute Gasteiger partial charge is 0.264 e. The second-order valence-corrected chi connectivity index (χ2v) is 6.18. The van der Waals surface area contributed by atoms with E-state index in [0.29, 0.717) is 11.4 Å². The Hall–Kier alpha value is -2.33. The number of anilines is 1. The van der Waals surface area contributed by atoms with Gasteiger partial charge in [-0.2, -0.15) is 10.4 Å². The molecule has 2 rings (SSSR count). The summed E-state index contributed by atoms with van der Waals surface area (Å²) >= 11 is 0. The Morgan fingerprint density at radius 2 is 1.90 bits per heavy atom. The molecule has 0 bridgehead atoms. The van der Waals surface area contributed by atoms with E-state index in [2.05, 4.69) is 9.82 Å². The van der Waals surface area contributed by atoms with Gasteiger partial charge >= 0.3 is 0 Å². The zero-order valence-corrected chi connectivity index (χ0v) is 11.9. The SMILES string of the molecule is CC(C)n1nccc1NS(=O)(=O)c1ccc(C#N)cc1. The number of aromatic nitrogens is 2. The summed E-state index contributed by atoms with van der Waals surface area (Å²) < 4.78 is 28.6. The van der Waals surface area contributed by atoms with Gasteiger partial charge in [0.25, 0.3) is 10.0 Å². The maximum Gasteiger partial charge on any atom is 0.263 e. The van der Waals surface area contributed by atoms with Crippen LogP contribution in [0.5, 0.6) is 0 Å². The molecule has 0 saturated carbocycles. The molecule has 20 heavy (non-hydrogen) atoms. The number of nitrogens with one attached hydrogen (secondary N) is 1. The molecule has 0 amide bonds. The molecule has 0 atom stereocenters. The zero-order chi connectivity index (χ0) is 14.8. The van der Waals surface area contributed by atoms with E-state index in [1.54, 1.807) is 10.7 Å². The van der Waals surface area contributed by atoms with Crippen LogP contribution in [0.2, 0.25) is 0 Å². The van der Waals surface area contributed by atoms with E-state index in [4.69, 9.17) is 5.26 Å². The van der Waals surface area contributed by atoms with Crippen molar-refractivity contribution >= 4 is 15.8 Å². The standard InChI is InChI=1S/C13H14N4O2S/c1-10(2)17-13(7-8-15-17)16-20(18,19)12-5-3-11(9-14)4-6-12/h3-8,10,16H,1-2H3. The molecule has 1 aromatic carbocycles. The van der Waals surface area contributed by atoms with E-state index in [9.17, 15) is 8.42 Å². The fraction of sp³-hybridized carbons (Fsp3) is 0.231. The first-order valence-electron chi connectivity index (χ1n) is 6.00. The molecule has 0 radical (unpaired) electrons. The number of hydrogen-bond acceptors (Lipinski definition) is 4. The van der Waals surface area contributed by atoms with Gasteiger partial charge in [0.2, 0.25) is 0 Å². The first-order valence-corrected chi connectivity index (χ1v) is 7.49. The van der Waals surface area contributed by atoms with Gasteiger partial charge in [-0.15, -0.1) is 0 Å². The molecule has 2 aromatic rings. The van der Waals surface area contributed by atoms with Crippen LogP contribution in [-0.4, -0.2) is 18.2 Å². The molecule has 0 aliphatic heterocycles. The van der Waals surface area contributed by atoms with E-state index in [1.165, 1.54) is 30.5 Å². The van der Waals surface area contributed by atoms with Crippen LogP contribution in [0.25, 0.3) is 0 Å². The molecule has 0 saturated heterocycles. The van der Waals surface area contributed by atoms with Crippen molar-refractivity contribution in [2.75, 3.05) is 4.72 Å². The normalized spacial score (nSPS) is 11.3. The van der Waals surface area contributed by atoms with Crippen LogP contribution in [-0.2, 0) is 10.0 Å². The fourth-order valence-corrected chi connectivity index (χ4v) is 2.76. The Morgan fingerprint density at radius 1 is 1.25 bits per heavy atom. The van der Waals surface area contributed by atoms with Crippen molar-refractivity contribution in [3.63, 3.8) is 0 Å². The number of nitriles is 1.